The van der Waals surface area contributed by atoms with E-state index in [-0.39, 0.29) is 0 Å². The maximum absolute atomic E-state index is 6.02. The molecule has 0 bridgehead atoms. The first kappa shape index (κ1) is 7.90. The number of hydrogen-bond acceptors (Lipinski definition) is 2. The first-order chi connectivity index (χ1) is 5.83. The van der Waals surface area contributed by atoms with Gasteiger partial charge in [-0.15, -0.1) is 0 Å². The Kier molecular flexibility index (Phi) is 1.95. The maximum Gasteiger partial charge on any atom is 0.0855 e. The molecule has 1 aliphatic rings. The van der Waals surface area contributed by atoms with Gasteiger partial charge in [-0.3, -0.25) is 9.90 Å². The van der Waals surface area contributed by atoms with Gasteiger partial charge >= 0.3 is 0 Å². The highest BCUT2D eigenvalue weighted by Crippen LogP contribution is 2.34. The van der Waals surface area contributed by atoms with Crippen LogP contribution in [-0.2, 0) is 11.3 Å². The van der Waals surface area contributed by atoms with Crippen molar-refractivity contribution >= 4 is 17.3 Å². The van der Waals surface area contributed by atoms with E-state index >= 15 is 0 Å². The van der Waals surface area contributed by atoms with Crippen molar-refractivity contribution in [3.8, 4) is 0 Å². The highest BCUT2D eigenvalue weighted by molar-refractivity contribution is 6.33. The summed E-state index contributed by atoms with van der Waals surface area (Å²) in [6.45, 7) is 0.898. The number of halogens is 1. The molecule has 64 valence electrons. The Hall–Kier alpha value is -0.730. The summed E-state index contributed by atoms with van der Waals surface area (Å²) in [5.41, 5.74) is 2.30. The molecule has 1 aromatic carbocycles. The Morgan fingerprint density at radius 3 is 3.08 bits per heavy atom. The lowest BCUT2D eigenvalue weighted by atomic mass is 10.2. The molecule has 0 spiro atoms. The molecule has 0 unspecified atom stereocenters. The second-order valence-electron chi connectivity index (χ2n) is 2.78. The second kappa shape index (κ2) is 2.96. The molecule has 0 fully saturated rings. The van der Waals surface area contributed by atoms with Gasteiger partial charge < -0.3 is 0 Å². The fourth-order valence-corrected chi connectivity index (χ4v) is 1.85. The van der Waals surface area contributed by atoms with E-state index in [0.717, 1.165) is 23.7 Å². The van der Waals surface area contributed by atoms with E-state index in [2.05, 4.69) is 6.07 Å². The fraction of sp³-hybridized carbons (Fsp3) is 0.333. The van der Waals surface area contributed by atoms with Crippen LogP contribution in [0.3, 0.4) is 0 Å². The van der Waals surface area contributed by atoms with Gasteiger partial charge in [-0.05, 0) is 18.1 Å². The molecule has 1 heterocycles. The average molecular weight is 184 g/mol. The van der Waals surface area contributed by atoms with Crippen molar-refractivity contribution in [1.29, 1.82) is 0 Å². The number of hydroxylamine groups is 1. The van der Waals surface area contributed by atoms with E-state index in [4.69, 9.17) is 16.4 Å². The lowest BCUT2D eigenvalue weighted by Crippen LogP contribution is -2.18. The zero-order valence-electron chi connectivity index (χ0n) is 6.88. The largest absolute Gasteiger partial charge is 0.277 e. The smallest absolute Gasteiger partial charge is 0.0855 e. The lowest BCUT2D eigenvalue weighted by molar-refractivity contribution is 0.174. The van der Waals surface area contributed by atoms with Crippen molar-refractivity contribution in [2.45, 2.75) is 6.42 Å². The van der Waals surface area contributed by atoms with Crippen molar-refractivity contribution in [2.24, 2.45) is 0 Å². The number of para-hydroxylation sites is 1. The first-order valence-corrected chi connectivity index (χ1v) is 4.30. The summed E-state index contributed by atoms with van der Waals surface area (Å²) >= 11 is 6.02. The Bertz CT molecular complexity index is 301. The molecule has 1 aromatic rings. The van der Waals surface area contributed by atoms with E-state index in [9.17, 15) is 0 Å². The molecule has 2 nitrogen and oxygen atoms in total. The van der Waals surface area contributed by atoms with Crippen molar-refractivity contribution in [3.05, 3.63) is 28.8 Å². The van der Waals surface area contributed by atoms with Crippen LogP contribution in [0.5, 0.6) is 0 Å². The molecule has 12 heavy (non-hydrogen) atoms. The third-order valence-electron chi connectivity index (χ3n) is 2.12. The molecular formula is C9H10ClNO. The predicted molar refractivity (Wildman–Crippen MR) is 49.5 cm³/mol. The Labute approximate surface area is 76.7 Å². The van der Waals surface area contributed by atoms with Gasteiger partial charge in [-0.2, -0.15) is 0 Å². The molecule has 0 saturated heterocycles. The molecule has 0 amide bonds. The van der Waals surface area contributed by atoms with E-state index in [0.29, 0.717) is 0 Å². The molecule has 0 atom stereocenters. The van der Waals surface area contributed by atoms with E-state index < -0.39 is 0 Å². The maximum atomic E-state index is 6.02. The second-order valence-corrected chi connectivity index (χ2v) is 3.19. The Balaban J connectivity index is 2.48. The van der Waals surface area contributed by atoms with Gasteiger partial charge in [0, 0.05) is 6.54 Å². The first-order valence-electron chi connectivity index (χ1n) is 3.92. The van der Waals surface area contributed by atoms with Crippen LogP contribution in [0.2, 0.25) is 5.02 Å². The highest BCUT2D eigenvalue weighted by atomic mass is 35.5. The van der Waals surface area contributed by atoms with Crippen molar-refractivity contribution in [2.75, 3.05) is 18.7 Å². The Morgan fingerprint density at radius 1 is 1.50 bits per heavy atom. The third kappa shape index (κ3) is 1.08. The molecule has 3 heteroatoms. The topological polar surface area (TPSA) is 12.5 Å². The van der Waals surface area contributed by atoms with Crippen LogP contribution >= 0.6 is 11.6 Å². The quantitative estimate of drug-likeness (QED) is 0.662. The molecular weight excluding hydrogens is 174 g/mol. The number of hydrogen-bond donors (Lipinski definition) is 0. The van der Waals surface area contributed by atoms with Gasteiger partial charge in [0.05, 0.1) is 17.8 Å². The SMILES string of the molecule is CON1CCc2cccc(Cl)c21. The molecule has 0 N–H and O–H groups in total. The third-order valence-corrected chi connectivity index (χ3v) is 2.43. The molecule has 0 radical (unpaired) electrons. The monoisotopic (exact) mass is 183 g/mol. The van der Waals surface area contributed by atoms with Crippen LogP contribution in [0.25, 0.3) is 0 Å². The minimum atomic E-state index is 0.770. The van der Waals surface area contributed by atoms with E-state index in [1.165, 1.54) is 5.56 Å². The summed E-state index contributed by atoms with van der Waals surface area (Å²) in [4.78, 5) is 5.17. The minimum Gasteiger partial charge on any atom is -0.277 e. The van der Waals surface area contributed by atoms with E-state index in [1.54, 1.807) is 7.11 Å². The lowest BCUT2D eigenvalue weighted by Gasteiger charge is -2.16. The molecule has 0 saturated carbocycles. The predicted octanol–water partition coefficient (Wildman–Crippen LogP) is 2.26. The standard InChI is InChI=1S/C9H10ClNO/c1-12-11-6-5-7-3-2-4-8(10)9(7)11/h2-4H,5-6H2,1H3. The van der Waals surface area contributed by atoms with Crippen LogP contribution in [0.1, 0.15) is 5.56 Å². The van der Waals surface area contributed by atoms with Gasteiger partial charge in [0.2, 0.25) is 0 Å². The average Bonchev–Trinajstić information content (AvgIpc) is 2.49. The molecule has 0 aromatic heterocycles. The van der Waals surface area contributed by atoms with Gasteiger partial charge in [0.25, 0.3) is 0 Å². The summed E-state index contributed by atoms with van der Waals surface area (Å²) in [6.07, 6.45) is 1.02. The van der Waals surface area contributed by atoms with Gasteiger partial charge in [0.15, 0.2) is 0 Å². The van der Waals surface area contributed by atoms with Crippen LogP contribution in [0.4, 0.5) is 5.69 Å². The van der Waals surface area contributed by atoms with E-state index in [1.807, 2.05) is 17.2 Å². The number of nitrogens with zero attached hydrogens (tertiary/aromatic N) is 1. The van der Waals surface area contributed by atoms with Crippen LogP contribution in [0.15, 0.2) is 18.2 Å². The summed E-state index contributed by atoms with van der Waals surface area (Å²) in [5, 5.41) is 2.60. The van der Waals surface area contributed by atoms with Gasteiger partial charge in [0.1, 0.15) is 0 Å². The number of rotatable bonds is 1. The molecule has 0 aliphatic carbocycles. The summed E-state index contributed by atoms with van der Waals surface area (Å²) in [6, 6.07) is 5.94. The Morgan fingerprint density at radius 2 is 2.33 bits per heavy atom. The number of anilines is 1. The minimum absolute atomic E-state index is 0.770. The zero-order valence-corrected chi connectivity index (χ0v) is 7.64. The summed E-state index contributed by atoms with van der Waals surface area (Å²) < 4.78 is 0. The van der Waals surface area contributed by atoms with Gasteiger partial charge in [-0.1, -0.05) is 23.7 Å². The van der Waals surface area contributed by atoms with Crippen LogP contribution in [-0.4, -0.2) is 13.7 Å². The van der Waals surface area contributed by atoms with Crippen molar-refractivity contribution in [1.82, 2.24) is 0 Å². The van der Waals surface area contributed by atoms with Crippen molar-refractivity contribution in [3.63, 3.8) is 0 Å². The zero-order chi connectivity index (χ0) is 8.55. The number of fused-ring (bicyclic) bond motifs is 1. The van der Waals surface area contributed by atoms with Gasteiger partial charge in [-0.25, -0.2) is 0 Å². The van der Waals surface area contributed by atoms with Crippen molar-refractivity contribution < 1.29 is 4.84 Å². The highest BCUT2D eigenvalue weighted by Gasteiger charge is 2.20. The summed E-state index contributed by atoms with van der Waals surface area (Å²) in [7, 11) is 1.67. The normalized spacial score (nSPS) is 15.0. The van der Waals surface area contributed by atoms with Crippen LogP contribution in [0, 0.1) is 0 Å². The molecule has 1 aliphatic heterocycles. The fourth-order valence-electron chi connectivity index (χ4n) is 1.56. The number of benzene rings is 1. The summed E-state index contributed by atoms with van der Waals surface area (Å²) in [5.74, 6) is 0. The van der Waals surface area contributed by atoms with Crippen LogP contribution < -0.4 is 5.06 Å². The molecule has 2 rings (SSSR count).